The first-order valence-electron chi connectivity index (χ1n) is 36.3. The fourth-order valence-electron chi connectivity index (χ4n) is 12.6. The number of halogens is 19. The van der Waals surface area contributed by atoms with E-state index in [0.29, 0.717) is 156 Å². The van der Waals surface area contributed by atoms with E-state index in [4.69, 9.17) is 52.0 Å². The number of anilines is 3. The number of hydrogen-bond acceptors (Lipinski definition) is 14. The van der Waals surface area contributed by atoms with Crippen LogP contribution in [-0.2, 0) is 44.7 Å². The minimum Gasteiger partial charge on any atom is -0.398 e. The van der Waals surface area contributed by atoms with Crippen molar-refractivity contribution in [3.63, 3.8) is 0 Å². The highest BCUT2D eigenvalue weighted by atomic mass is 35.5. The normalized spacial score (nSPS) is 17.0. The number of nitrogens with two attached hydrogens (primary N) is 3. The number of H-pyrrole nitrogens is 4. The second-order valence-electron chi connectivity index (χ2n) is 28.0. The van der Waals surface area contributed by atoms with Crippen LogP contribution in [0.15, 0.2) is 97.1 Å². The number of nitrogen functional groups attached to an aromatic ring is 3. The number of nitrogens with zero attached hydrogens (tertiary/aromatic N) is 11. The summed E-state index contributed by atoms with van der Waals surface area (Å²) < 4.78 is 208. The Hall–Kier alpha value is -9.37. The number of benzene rings is 4. The van der Waals surface area contributed by atoms with Gasteiger partial charge in [0.2, 0.25) is 0 Å². The number of nitrogens with one attached hydrogen (secondary N) is 4. The van der Waals surface area contributed by atoms with Crippen LogP contribution in [0, 0.1) is 12.7 Å². The average molecular weight is 1700 g/mol. The summed E-state index contributed by atoms with van der Waals surface area (Å²) in [5.41, 5.74) is 17.8. The Morgan fingerprint density at radius 1 is 0.452 bits per heavy atom. The molecule has 4 aromatic carbocycles. The molecule has 3 aliphatic heterocycles. The lowest BCUT2D eigenvalue weighted by Gasteiger charge is -2.27. The Kier molecular flexibility index (Phi) is 30.8. The maximum atomic E-state index is 14.1. The van der Waals surface area contributed by atoms with E-state index in [0.717, 1.165) is 23.4 Å². The quantitative estimate of drug-likeness (QED) is 0.0219. The highest BCUT2D eigenvalue weighted by Gasteiger charge is 2.39. The molecule has 3 saturated heterocycles. The predicted molar refractivity (Wildman–Crippen MR) is 397 cm³/mol. The summed E-state index contributed by atoms with van der Waals surface area (Å²) in [6.07, 6.45) is -17.7. The van der Waals surface area contributed by atoms with E-state index in [9.17, 15) is 89.4 Å². The summed E-state index contributed by atoms with van der Waals surface area (Å²) in [6.45, 7) is 5.48. The molecular weight excluding hydrogens is 1620 g/mol. The number of alkyl halides is 15. The number of hydrogen-bond donors (Lipinski definition) is 7. The van der Waals surface area contributed by atoms with Gasteiger partial charge in [0.15, 0.2) is 17.1 Å². The third kappa shape index (κ3) is 26.3. The third-order valence-corrected chi connectivity index (χ3v) is 20.3. The first-order chi connectivity index (χ1) is 54.2. The number of carbonyl (C=O) groups is 4. The molecule has 10 N–H and O–H groups in total. The van der Waals surface area contributed by atoms with Gasteiger partial charge < -0.3 is 41.7 Å². The number of carbonyl (C=O) groups excluding carboxylic acids is 4. The predicted octanol–water partition coefficient (Wildman–Crippen LogP) is 15.2. The van der Waals surface area contributed by atoms with E-state index in [1.807, 2.05) is 30.0 Å². The van der Waals surface area contributed by atoms with Crippen molar-refractivity contribution in [1.82, 2.24) is 75.1 Å². The number of likely N-dealkylation sites (tertiary alicyclic amines) is 3. The molecule has 4 aliphatic rings. The highest BCUT2D eigenvalue weighted by Crippen LogP contribution is 2.40. The zero-order valence-electron chi connectivity index (χ0n) is 61.7. The number of aromatic amines is 4. The van der Waals surface area contributed by atoms with Crippen molar-refractivity contribution in [2.45, 2.75) is 134 Å². The second kappa shape index (κ2) is 39.5. The molecule has 0 bridgehead atoms. The molecule has 626 valence electrons. The fourth-order valence-corrected chi connectivity index (χ4v) is 13.3. The van der Waals surface area contributed by atoms with Crippen molar-refractivity contribution in [1.29, 1.82) is 0 Å². The van der Waals surface area contributed by atoms with Gasteiger partial charge in [-0.2, -0.15) is 73.1 Å². The molecule has 12 rings (SSSR count). The van der Waals surface area contributed by atoms with Gasteiger partial charge in [-0.1, -0.05) is 65.1 Å². The highest BCUT2D eigenvalue weighted by molar-refractivity contribution is 6.32. The van der Waals surface area contributed by atoms with E-state index in [2.05, 4.69) is 25.5 Å². The summed E-state index contributed by atoms with van der Waals surface area (Å²) in [4.78, 5) is 62.2. The van der Waals surface area contributed by atoms with Crippen molar-refractivity contribution in [2.24, 2.45) is 0 Å². The van der Waals surface area contributed by atoms with E-state index >= 15 is 0 Å². The largest absolute Gasteiger partial charge is 0.432 e. The van der Waals surface area contributed by atoms with Crippen molar-refractivity contribution in [3.05, 3.63) is 191 Å². The van der Waals surface area contributed by atoms with Crippen LogP contribution in [0.1, 0.15) is 150 Å². The van der Waals surface area contributed by atoms with Gasteiger partial charge in [0.05, 0.1) is 6.42 Å². The lowest BCUT2D eigenvalue weighted by atomic mass is 10.1. The molecule has 1 saturated carbocycles. The topological polar surface area (TPSA) is 284 Å². The molecule has 4 aromatic heterocycles. The van der Waals surface area contributed by atoms with Gasteiger partial charge in [0, 0.05) is 189 Å². The Bertz CT molecular complexity index is 4370. The number of aryl methyl sites for hydroxylation is 1. The molecule has 0 radical (unpaired) electrons. The van der Waals surface area contributed by atoms with Gasteiger partial charge in [-0.3, -0.25) is 49.4 Å². The van der Waals surface area contributed by atoms with Crippen LogP contribution in [0.5, 0.6) is 0 Å². The molecular formula is C74H83Cl3F16N18O4. The van der Waals surface area contributed by atoms with E-state index < -0.39 is 103 Å². The number of aromatic nitrogens is 8. The molecule has 8 aromatic rings. The fraction of sp³-hybridized carbons (Fsp3) is 0.459. The SMILES string of the molecule is Cc1ccc(CN(CCC(F)(F)F)C(=O)c2cc(C3CC3)[nH]n2)c(F)c1.Nc1cccc(Cl)c1CN(CCN1CCCC(F)CC1)C(=O)c1cc(C(F)(F)F)[nH]n1.Nc1cccc(Cl)c1CN(CCN1CC[C@@H](F)C1)C(=O)c1cc(C(F)(F)F)[nH]n1.Nc1cccc(Cl)c1CN(CCN1CC[C@H](F)C1)C(=O)c1cc(C(F)(F)F)[nH]n1. The van der Waals surface area contributed by atoms with Crippen molar-refractivity contribution in [2.75, 3.05) is 102 Å². The molecule has 4 fully saturated rings. The monoisotopic (exact) mass is 1700 g/mol. The first-order valence-corrected chi connectivity index (χ1v) is 37.4. The van der Waals surface area contributed by atoms with Crippen molar-refractivity contribution >= 4 is 75.5 Å². The van der Waals surface area contributed by atoms with E-state index in [1.54, 1.807) is 73.7 Å². The summed E-state index contributed by atoms with van der Waals surface area (Å²) in [6, 6.07) is 22.7. The van der Waals surface area contributed by atoms with E-state index in [1.165, 1.54) is 26.8 Å². The number of amides is 4. The van der Waals surface area contributed by atoms with Crippen LogP contribution < -0.4 is 17.2 Å². The van der Waals surface area contributed by atoms with Gasteiger partial charge >= 0.3 is 24.7 Å². The summed E-state index contributed by atoms with van der Waals surface area (Å²) in [5.74, 6) is -2.93. The maximum Gasteiger partial charge on any atom is 0.432 e. The lowest BCUT2D eigenvalue weighted by Crippen LogP contribution is -2.39. The summed E-state index contributed by atoms with van der Waals surface area (Å²) in [5, 5.41) is 23.8. The van der Waals surface area contributed by atoms with Crippen LogP contribution in [0.25, 0.3) is 0 Å². The smallest absolute Gasteiger partial charge is 0.398 e. The van der Waals surface area contributed by atoms with E-state index in [-0.39, 0.29) is 87.2 Å². The van der Waals surface area contributed by atoms with Gasteiger partial charge in [-0.15, -0.1) is 0 Å². The summed E-state index contributed by atoms with van der Waals surface area (Å²) >= 11 is 18.6. The first kappa shape index (κ1) is 89.6. The van der Waals surface area contributed by atoms with Crippen molar-refractivity contribution in [3.8, 4) is 0 Å². The molecule has 0 spiro atoms. The van der Waals surface area contributed by atoms with Crippen LogP contribution in [0.4, 0.5) is 87.3 Å². The Balaban J connectivity index is 0.000000176. The van der Waals surface area contributed by atoms with Gasteiger partial charge in [0.1, 0.15) is 47.1 Å². The third-order valence-electron chi connectivity index (χ3n) is 19.3. The molecule has 1 aliphatic carbocycles. The van der Waals surface area contributed by atoms with Gasteiger partial charge in [-0.25, -0.2) is 17.6 Å². The van der Waals surface area contributed by atoms with Crippen LogP contribution in [-0.4, -0.2) is 208 Å². The molecule has 7 heterocycles. The second-order valence-corrected chi connectivity index (χ2v) is 29.2. The Labute approximate surface area is 664 Å². The van der Waals surface area contributed by atoms with Gasteiger partial charge in [-0.05, 0) is 113 Å². The Morgan fingerprint density at radius 3 is 1.17 bits per heavy atom. The minimum atomic E-state index is -4.64. The molecule has 3 atom stereocenters. The average Bonchev–Trinajstić information content (AvgIpc) is 1.32. The van der Waals surface area contributed by atoms with Crippen LogP contribution in [0.2, 0.25) is 15.1 Å². The molecule has 115 heavy (non-hydrogen) atoms. The minimum absolute atomic E-state index is 0.00849. The van der Waals surface area contributed by atoms with Crippen molar-refractivity contribution < 1.29 is 89.4 Å². The number of rotatable bonds is 24. The Morgan fingerprint density at radius 2 is 0.817 bits per heavy atom. The molecule has 4 amide bonds. The maximum absolute atomic E-state index is 14.1. The lowest BCUT2D eigenvalue weighted by molar-refractivity contribution is -0.142. The van der Waals surface area contributed by atoms with Crippen LogP contribution >= 0.6 is 34.8 Å². The zero-order chi connectivity index (χ0) is 83.9. The van der Waals surface area contributed by atoms with Crippen LogP contribution in [0.3, 0.4) is 0 Å². The molecule has 41 heteroatoms. The standard InChI is InChI=1S/C20H24ClF4N5O.2C18H20ClF4N5O.C18H19F4N3O/c21-15-4-1-5-16(26)14(15)12-30(10-9-29-7-2-3-13(22)6-8-29)19(31)17-11-18(28-27-17)20(23,24)25;2*19-13-2-1-3-14(24)12(13)10-28(7-6-27-5-4-11(20)9-27)17(29)15-8-16(26-25-15)18(21,22)23;1-11-2-3-13(14(19)8-11)10-25(7-6-18(20,21)22)17(26)16-9-15(23-24-16)12-4-5-12/h1,4-5,11,13H,2-3,6-10,12,26H2,(H,27,28);2*1-3,8,11H,4-7,9-10,24H2,(H,25,26);2-3,8-9,12H,4-7,10H2,1H3,(H,23,24)/t;2*11-;/m.10./s1. The zero-order valence-corrected chi connectivity index (χ0v) is 64.0. The summed E-state index contributed by atoms with van der Waals surface area (Å²) in [7, 11) is 0. The molecule has 1 unspecified atom stereocenters. The van der Waals surface area contributed by atoms with Gasteiger partial charge in [0.25, 0.3) is 23.6 Å². The molecule has 22 nitrogen and oxygen atoms in total.